The molecule has 0 saturated heterocycles. The molecule has 13 nitrogen and oxygen atoms in total. The first kappa shape index (κ1) is 25.9. The van der Waals surface area contributed by atoms with Gasteiger partial charge < -0.3 is 26.5 Å². The van der Waals surface area contributed by atoms with E-state index in [1.165, 1.54) is 12.4 Å². The highest BCUT2D eigenvalue weighted by molar-refractivity contribution is 6.00. The molecular weight excluding hydrogens is 490 g/mol. The lowest BCUT2D eigenvalue weighted by atomic mass is 9.99. The molecule has 1 aliphatic rings. The Morgan fingerprint density at radius 1 is 1.16 bits per heavy atom. The Morgan fingerprint density at radius 3 is 2.68 bits per heavy atom. The summed E-state index contributed by atoms with van der Waals surface area (Å²) in [6, 6.07) is 13.7. The van der Waals surface area contributed by atoms with Crippen molar-refractivity contribution in [2.24, 2.45) is 21.2 Å². The SMILES string of the molecule is CN=C(N=NN)c1ccc([C@H](C)C(=O)Nc2cc(C(=O)NCc3ccc4c(c3)NC(=O)CO4)ncn2)cc1. The molecule has 1 atom stereocenters. The van der Waals surface area contributed by atoms with Crippen molar-refractivity contribution in [1.29, 1.82) is 0 Å². The van der Waals surface area contributed by atoms with Crippen molar-refractivity contribution in [3.8, 4) is 5.75 Å². The summed E-state index contributed by atoms with van der Waals surface area (Å²) in [6.45, 7) is 1.91. The largest absolute Gasteiger partial charge is 0.482 e. The number of nitrogens with two attached hydrogens (primary N) is 1. The van der Waals surface area contributed by atoms with E-state index < -0.39 is 11.8 Å². The van der Waals surface area contributed by atoms with E-state index in [0.29, 0.717) is 22.8 Å². The molecule has 1 aromatic heterocycles. The zero-order valence-corrected chi connectivity index (χ0v) is 20.6. The van der Waals surface area contributed by atoms with Gasteiger partial charge in [0.05, 0.1) is 11.6 Å². The van der Waals surface area contributed by atoms with Crippen molar-refractivity contribution in [2.75, 3.05) is 24.3 Å². The lowest BCUT2D eigenvalue weighted by Gasteiger charge is -2.18. The Kier molecular flexibility index (Phi) is 7.96. The van der Waals surface area contributed by atoms with Gasteiger partial charge in [-0.05, 0) is 30.2 Å². The van der Waals surface area contributed by atoms with Gasteiger partial charge in [0.1, 0.15) is 23.6 Å². The average molecular weight is 516 g/mol. The number of aliphatic imine (C=N–C) groups is 1. The minimum absolute atomic E-state index is 0.0292. The molecule has 38 heavy (non-hydrogen) atoms. The van der Waals surface area contributed by atoms with Crippen LogP contribution in [-0.4, -0.2) is 47.2 Å². The Labute approximate surface area is 217 Å². The van der Waals surface area contributed by atoms with Gasteiger partial charge in [-0.3, -0.25) is 19.4 Å². The number of rotatable bonds is 7. The predicted molar refractivity (Wildman–Crippen MR) is 139 cm³/mol. The van der Waals surface area contributed by atoms with Gasteiger partial charge in [0.25, 0.3) is 11.8 Å². The van der Waals surface area contributed by atoms with Crippen LogP contribution >= 0.6 is 0 Å². The molecular formula is C25H25N9O4. The van der Waals surface area contributed by atoms with Crippen LogP contribution in [0.4, 0.5) is 11.5 Å². The maximum atomic E-state index is 12.8. The van der Waals surface area contributed by atoms with Gasteiger partial charge in [-0.1, -0.05) is 35.6 Å². The van der Waals surface area contributed by atoms with Crippen molar-refractivity contribution in [2.45, 2.75) is 19.4 Å². The summed E-state index contributed by atoms with van der Waals surface area (Å²) >= 11 is 0. The number of aromatic nitrogens is 2. The number of ether oxygens (including phenoxy) is 1. The van der Waals surface area contributed by atoms with Crippen LogP contribution in [0.5, 0.6) is 5.75 Å². The van der Waals surface area contributed by atoms with E-state index in [0.717, 1.165) is 11.1 Å². The normalized spacial score (nSPS) is 13.7. The van der Waals surface area contributed by atoms with E-state index in [1.807, 2.05) is 0 Å². The molecule has 4 rings (SSSR count). The van der Waals surface area contributed by atoms with Crippen molar-refractivity contribution in [3.63, 3.8) is 0 Å². The fourth-order valence-electron chi connectivity index (χ4n) is 3.66. The Morgan fingerprint density at radius 2 is 1.95 bits per heavy atom. The van der Waals surface area contributed by atoms with Crippen LogP contribution in [0.25, 0.3) is 0 Å². The van der Waals surface area contributed by atoms with Crippen LogP contribution in [0.15, 0.2) is 70.2 Å². The molecule has 13 heteroatoms. The lowest BCUT2D eigenvalue weighted by molar-refractivity contribution is -0.119. The number of fused-ring (bicyclic) bond motifs is 1. The first-order valence-electron chi connectivity index (χ1n) is 11.5. The quantitative estimate of drug-likeness (QED) is 0.122. The zero-order valence-electron chi connectivity index (χ0n) is 20.6. The first-order valence-corrected chi connectivity index (χ1v) is 11.5. The maximum Gasteiger partial charge on any atom is 0.270 e. The first-order chi connectivity index (χ1) is 18.4. The van der Waals surface area contributed by atoms with Crippen LogP contribution in [0.2, 0.25) is 0 Å². The van der Waals surface area contributed by atoms with Crippen molar-refractivity contribution < 1.29 is 19.1 Å². The van der Waals surface area contributed by atoms with Gasteiger partial charge in [-0.25, -0.2) is 9.97 Å². The number of amidine groups is 1. The average Bonchev–Trinajstić information content (AvgIpc) is 2.94. The third kappa shape index (κ3) is 6.13. The minimum atomic E-state index is -0.511. The summed E-state index contributed by atoms with van der Waals surface area (Å²) in [4.78, 5) is 49.1. The number of anilines is 2. The summed E-state index contributed by atoms with van der Waals surface area (Å²) in [5.74, 6) is 4.72. The van der Waals surface area contributed by atoms with Gasteiger partial charge in [-0.15, -0.1) is 5.11 Å². The molecule has 0 fully saturated rings. The highest BCUT2D eigenvalue weighted by Crippen LogP contribution is 2.28. The lowest BCUT2D eigenvalue weighted by Crippen LogP contribution is -2.26. The van der Waals surface area contributed by atoms with Crippen LogP contribution in [0, 0.1) is 0 Å². The second-order valence-corrected chi connectivity index (χ2v) is 8.23. The van der Waals surface area contributed by atoms with E-state index in [-0.39, 0.29) is 36.5 Å². The number of hydrogen-bond acceptors (Lipinski definition) is 8. The zero-order chi connectivity index (χ0) is 27.1. The van der Waals surface area contributed by atoms with Gasteiger partial charge in [-0.2, -0.15) is 0 Å². The van der Waals surface area contributed by atoms with E-state index in [4.69, 9.17) is 10.6 Å². The topological polar surface area (TPSA) is 185 Å². The van der Waals surface area contributed by atoms with Crippen LogP contribution in [-0.2, 0) is 16.1 Å². The number of nitrogens with zero attached hydrogens (tertiary/aromatic N) is 5. The van der Waals surface area contributed by atoms with Crippen molar-refractivity contribution >= 4 is 35.1 Å². The Balaban J connectivity index is 1.36. The molecule has 0 aliphatic carbocycles. The second-order valence-electron chi connectivity index (χ2n) is 8.23. The van der Waals surface area contributed by atoms with Gasteiger partial charge in [0.2, 0.25) is 5.91 Å². The fourth-order valence-corrected chi connectivity index (χ4v) is 3.66. The number of carbonyl (C=O) groups is 3. The Bertz CT molecular complexity index is 1420. The van der Waals surface area contributed by atoms with Crippen LogP contribution < -0.4 is 26.5 Å². The summed E-state index contributed by atoms with van der Waals surface area (Å²) < 4.78 is 5.34. The number of benzene rings is 2. The molecule has 194 valence electrons. The molecule has 0 spiro atoms. The number of hydrogen-bond donors (Lipinski definition) is 4. The molecule has 5 N–H and O–H groups in total. The van der Waals surface area contributed by atoms with E-state index in [1.54, 1.807) is 56.4 Å². The summed E-state index contributed by atoms with van der Waals surface area (Å²) in [5, 5.41) is 15.2. The number of amides is 3. The molecule has 0 saturated carbocycles. The molecule has 0 radical (unpaired) electrons. The summed E-state index contributed by atoms with van der Waals surface area (Å²) in [7, 11) is 1.58. The van der Waals surface area contributed by atoms with E-state index in [2.05, 4.69) is 41.2 Å². The predicted octanol–water partition coefficient (Wildman–Crippen LogP) is 2.18. The minimum Gasteiger partial charge on any atom is -0.482 e. The molecule has 3 aromatic rings. The van der Waals surface area contributed by atoms with Gasteiger partial charge in [0.15, 0.2) is 12.4 Å². The van der Waals surface area contributed by atoms with Gasteiger partial charge >= 0.3 is 0 Å². The Hall–Kier alpha value is -5.20. The molecule has 2 heterocycles. The summed E-state index contributed by atoms with van der Waals surface area (Å²) in [5.41, 5.74) is 2.85. The van der Waals surface area contributed by atoms with Gasteiger partial charge in [0, 0.05) is 25.2 Å². The second kappa shape index (κ2) is 11.7. The van der Waals surface area contributed by atoms with E-state index in [9.17, 15) is 14.4 Å². The van der Waals surface area contributed by atoms with Crippen molar-refractivity contribution in [3.05, 3.63) is 77.2 Å². The standard InChI is InChI=1S/C25H25N9O4/c1-14(16-4-6-17(7-5-16)23(27-2)33-34-26)24(36)32-21-10-19(29-13-30-21)25(37)28-11-15-3-8-20-18(9-15)31-22(35)12-38-20/h3-10,13-14H,11-12H2,1-2H3,(H,28,37)(H,31,35)(H2,26,27,33)(H,29,30,32,36)/t14-/m0/s1. The molecule has 0 unspecified atom stereocenters. The highest BCUT2D eigenvalue weighted by Gasteiger charge is 2.19. The molecule has 0 bridgehead atoms. The molecule has 1 aliphatic heterocycles. The maximum absolute atomic E-state index is 12.8. The number of nitrogens with one attached hydrogen (secondary N) is 3. The smallest absolute Gasteiger partial charge is 0.270 e. The fraction of sp³-hybridized carbons (Fsp3) is 0.200. The van der Waals surface area contributed by atoms with E-state index >= 15 is 0 Å². The molecule has 2 aromatic carbocycles. The van der Waals surface area contributed by atoms with Crippen LogP contribution in [0.3, 0.4) is 0 Å². The highest BCUT2D eigenvalue weighted by atomic mass is 16.5. The third-order valence-electron chi connectivity index (χ3n) is 5.71. The summed E-state index contributed by atoms with van der Waals surface area (Å²) in [6.07, 6.45) is 1.20. The third-order valence-corrected chi connectivity index (χ3v) is 5.71. The number of carbonyl (C=O) groups excluding carboxylic acids is 3. The monoisotopic (exact) mass is 515 g/mol. The molecule has 3 amide bonds. The van der Waals surface area contributed by atoms with Crippen LogP contribution in [0.1, 0.15) is 40.0 Å². The van der Waals surface area contributed by atoms with Crippen molar-refractivity contribution in [1.82, 2.24) is 15.3 Å².